The first kappa shape index (κ1) is 50.1. The molecule has 3 N–H and O–H groups in total. The molecule has 4 heterocycles. The molecular weight excluding hydrogens is 877 g/mol. The fourth-order valence-corrected chi connectivity index (χ4v) is 10.9. The third-order valence-corrected chi connectivity index (χ3v) is 17.3. The molecule has 4 amide bonds. The second-order valence-corrected chi connectivity index (χ2v) is 22.3. The maximum atomic E-state index is 15.2. The minimum atomic E-state index is -4.08. The monoisotopic (exact) mass is 949 g/mol. The number of hydrogen-bond acceptors (Lipinski definition) is 12. The second-order valence-electron chi connectivity index (χ2n) is 20.1. The van der Waals surface area contributed by atoms with Gasteiger partial charge >= 0.3 is 6.09 Å². The molecule has 2 saturated carbocycles. The molecule has 2 aliphatic carbocycles. The van der Waals surface area contributed by atoms with Crippen molar-refractivity contribution >= 4 is 44.7 Å². The predicted molar refractivity (Wildman–Crippen MR) is 255 cm³/mol. The average molecular weight is 949 g/mol. The van der Waals surface area contributed by atoms with Crippen LogP contribution in [0.3, 0.4) is 0 Å². The summed E-state index contributed by atoms with van der Waals surface area (Å²) < 4.78 is 53.0. The van der Waals surface area contributed by atoms with Crippen molar-refractivity contribution in [1.29, 1.82) is 0 Å². The van der Waals surface area contributed by atoms with E-state index >= 15 is 4.79 Å². The zero-order chi connectivity index (χ0) is 48.1. The first-order valence-corrected chi connectivity index (χ1v) is 25.9. The molecule has 67 heavy (non-hydrogen) atoms. The molecule has 5 aliphatic rings. The van der Waals surface area contributed by atoms with Crippen molar-refractivity contribution in [2.24, 2.45) is 23.7 Å². The molecule has 8 atom stereocenters. The molecule has 2 unspecified atom stereocenters. The molecule has 16 nitrogen and oxygen atoms in total. The first-order valence-electron chi connectivity index (χ1n) is 24.4. The van der Waals surface area contributed by atoms with Crippen LogP contribution in [0.25, 0.3) is 10.9 Å². The Hall–Kier alpha value is -4.74. The van der Waals surface area contributed by atoms with Gasteiger partial charge in [0, 0.05) is 37.4 Å². The number of allylic oxidation sites excluding steroid dienone is 2. The summed E-state index contributed by atoms with van der Waals surface area (Å²) in [7, 11) is -4.08. The van der Waals surface area contributed by atoms with E-state index in [0.29, 0.717) is 56.2 Å². The van der Waals surface area contributed by atoms with Gasteiger partial charge in [0.05, 0.1) is 42.2 Å². The zero-order valence-electron chi connectivity index (χ0n) is 40.2. The van der Waals surface area contributed by atoms with E-state index in [1.807, 2.05) is 45.0 Å². The molecule has 2 saturated heterocycles. The number of pyridine rings is 1. The molecule has 4 fully saturated rings. The van der Waals surface area contributed by atoms with Gasteiger partial charge in [0.1, 0.15) is 35.6 Å². The van der Waals surface area contributed by atoms with Gasteiger partial charge in [-0.1, -0.05) is 58.1 Å². The standard InChI is InChI=1S/C50H72N6O10S/c1-8-33(4)50(7,47(59)54-67(61,62)49(6)22-23-49)53-44(57)40-30-36-31-56(40)46(58)42(34(5)32(2)3)52-48(60)66-41-21-14-17-35(41)16-10-9-11-19-38-43(64-27-15-24-55-25-28-63-29-26-55)37-18-12-13-20-39(37)51-45(38)65-36/h8-9,11-13,18,20,32-36,40-42H,1,10,14-17,19,21-31H2,2-7H3,(H,52,60)(H,53,57)(H,54,59)/b11-9+/t33-,34?,35+,36+,40-,41+,42-,50?/m0/s1. The predicted octanol–water partition coefficient (Wildman–Crippen LogP) is 5.83. The quantitative estimate of drug-likeness (QED) is 0.152. The molecule has 0 spiro atoms. The van der Waals surface area contributed by atoms with Crippen LogP contribution in [0.1, 0.15) is 105 Å². The van der Waals surface area contributed by atoms with E-state index in [-0.39, 0.29) is 36.8 Å². The normalized spacial score (nSPS) is 27.1. The summed E-state index contributed by atoms with van der Waals surface area (Å²) in [4.78, 5) is 66.7. The Bertz CT molecular complexity index is 2280. The summed E-state index contributed by atoms with van der Waals surface area (Å²) in [6.07, 6.45) is 10.1. The van der Waals surface area contributed by atoms with Crippen molar-refractivity contribution < 1.29 is 46.5 Å². The van der Waals surface area contributed by atoms with Crippen LogP contribution in [0.4, 0.5) is 4.79 Å². The van der Waals surface area contributed by atoms with Crippen LogP contribution in [-0.4, -0.2) is 128 Å². The minimum Gasteiger partial charge on any atom is -0.492 e. The highest BCUT2D eigenvalue weighted by atomic mass is 32.2. The number of carbonyl (C=O) groups excluding carboxylic acids is 4. The van der Waals surface area contributed by atoms with Crippen LogP contribution < -0.4 is 24.8 Å². The van der Waals surface area contributed by atoms with Crippen molar-refractivity contribution in [2.45, 2.75) is 140 Å². The number of aromatic nitrogens is 1. The van der Waals surface area contributed by atoms with E-state index < -0.39 is 68.2 Å². The van der Waals surface area contributed by atoms with E-state index in [4.69, 9.17) is 23.9 Å². The molecule has 2 bridgehead atoms. The molecule has 3 aliphatic heterocycles. The van der Waals surface area contributed by atoms with Crippen LogP contribution in [0, 0.1) is 23.7 Å². The summed E-state index contributed by atoms with van der Waals surface area (Å²) in [5.41, 5.74) is -0.398. The maximum Gasteiger partial charge on any atom is 0.408 e. The molecule has 1 aromatic carbocycles. The maximum absolute atomic E-state index is 15.2. The Balaban J connectivity index is 1.26. The van der Waals surface area contributed by atoms with E-state index in [0.717, 1.165) is 69.1 Å². The van der Waals surface area contributed by atoms with E-state index in [9.17, 15) is 22.8 Å². The summed E-state index contributed by atoms with van der Waals surface area (Å²) in [6.45, 7) is 18.8. The largest absolute Gasteiger partial charge is 0.492 e. The number of alkyl carbamates (subject to hydrolysis) is 1. The highest BCUT2D eigenvalue weighted by Crippen LogP contribution is 2.43. The van der Waals surface area contributed by atoms with Gasteiger partial charge in [0.15, 0.2) is 0 Å². The lowest BCUT2D eigenvalue weighted by Crippen LogP contribution is -2.64. The lowest BCUT2D eigenvalue weighted by Gasteiger charge is -2.37. The van der Waals surface area contributed by atoms with Gasteiger partial charge in [-0.2, -0.15) is 0 Å². The molecule has 17 heteroatoms. The number of amides is 4. The van der Waals surface area contributed by atoms with Gasteiger partial charge in [0.25, 0.3) is 5.91 Å². The Morgan fingerprint density at radius 2 is 1.82 bits per heavy atom. The number of morpholine rings is 1. The fraction of sp³-hybridized carbons (Fsp3) is 0.660. The minimum absolute atomic E-state index is 0.00931. The van der Waals surface area contributed by atoms with Crippen molar-refractivity contribution in [3.8, 4) is 11.6 Å². The topological polar surface area (TPSA) is 195 Å². The van der Waals surface area contributed by atoms with Gasteiger partial charge < -0.3 is 34.5 Å². The van der Waals surface area contributed by atoms with Crippen molar-refractivity contribution in [2.75, 3.05) is 46.0 Å². The van der Waals surface area contributed by atoms with Gasteiger partial charge in [-0.3, -0.25) is 24.0 Å². The zero-order valence-corrected chi connectivity index (χ0v) is 41.0. The highest BCUT2D eigenvalue weighted by Gasteiger charge is 2.54. The first-order chi connectivity index (χ1) is 31.9. The number of benzene rings is 1. The van der Waals surface area contributed by atoms with Crippen molar-refractivity contribution in [1.82, 2.24) is 30.1 Å². The van der Waals surface area contributed by atoms with Crippen LogP contribution >= 0.6 is 0 Å². The summed E-state index contributed by atoms with van der Waals surface area (Å²) in [5.74, 6) is -2.19. The lowest BCUT2D eigenvalue weighted by atomic mass is 9.85. The van der Waals surface area contributed by atoms with Crippen LogP contribution in [0.15, 0.2) is 49.1 Å². The van der Waals surface area contributed by atoms with Gasteiger partial charge in [0.2, 0.25) is 27.7 Å². The number of hydrogen-bond donors (Lipinski definition) is 3. The average Bonchev–Trinajstić information content (AvgIpc) is 3.71. The van der Waals surface area contributed by atoms with Gasteiger partial charge in [-0.05, 0) is 102 Å². The van der Waals surface area contributed by atoms with Crippen LogP contribution in [0.2, 0.25) is 0 Å². The Labute approximate surface area is 396 Å². The summed E-state index contributed by atoms with van der Waals surface area (Å²) in [5, 5.41) is 6.62. The van der Waals surface area contributed by atoms with Crippen LogP contribution in [0.5, 0.6) is 11.6 Å². The van der Waals surface area contributed by atoms with Crippen LogP contribution in [-0.2, 0) is 40.3 Å². The third kappa shape index (κ3) is 11.4. The molecular formula is C50H72N6O10S. The molecule has 0 radical (unpaired) electrons. The number of nitrogens with zero attached hydrogens (tertiary/aromatic N) is 3. The number of carbonyl (C=O) groups is 4. The van der Waals surface area contributed by atoms with Gasteiger partial charge in [-0.15, -0.1) is 6.58 Å². The smallest absolute Gasteiger partial charge is 0.408 e. The molecule has 368 valence electrons. The van der Waals surface area contributed by atoms with Gasteiger partial charge in [-0.25, -0.2) is 18.2 Å². The SMILES string of the molecule is C=C[C@H](C)C(C)(NC(=O)[C@@H]1C[C@@H]2CN1C(=O)[C@H](C(C)C(C)C)NC(=O)O[C@@H]1CCC[C@H]1CC/C=C/Cc1c(nc3ccccc3c1OCCCN1CCOCC1)O2)C(=O)NS(=O)(=O)C1(C)CC1. The third-order valence-electron chi connectivity index (χ3n) is 15.1. The Morgan fingerprint density at radius 1 is 1.07 bits per heavy atom. The van der Waals surface area contributed by atoms with Crippen molar-refractivity contribution in [3.63, 3.8) is 0 Å². The number of fused-ring (bicyclic) bond motifs is 5. The number of ether oxygens (including phenoxy) is 4. The van der Waals surface area contributed by atoms with E-state index in [2.05, 4.69) is 39.0 Å². The molecule has 2 aromatic rings. The molecule has 1 aromatic heterocycles. The number of para-hydroxylation sites is 1. The Morgan fingerprint density at radius 3 is 2.54 bits per heavy atom. The van der Waals surface area contributed by atoms with Crippen molar-refractivity contribution in [3.05, 3.63) is 54.6 Å². The number of sulfonamides is 1. The van der Waals surface area contributed by atoms with E-state index in [1.54, 1.807) is 13.8 Å². The van der Waals surface area contributed by atoms with E-state index in [1.165, 1.54) is 17.9 Å². The molecule has 7 rings (SSSR count). The lowest BCUT2D eigenvalue weighted by molar-refractivity contribution is -0.143. The highest BCUT2D eigenvalue weighted by molar-refractivity contribution is 7.91. The summed E-state index contributed by atoms with van der Waals surface area (Å²) in [6, 6.07) is 5.46. The fourth-order valence-electron chi connectivity index (χ4n) is 9.61. The summed E-state index contributed by atoms with van der Waals surface area (Å²) >= 11 is 0. The number of rotatable bonds is 14. The number of nitrogens with one attached hydrogen (secondary N) is 3. The second kappa shape index (κ2) is 21.3. The Kier molecular flexibility index (Phi) is 15.9.